The van der Waals surface area contributed by atoms with Gasteiger partial charge in [0.15, 0.2) is 0 Å². The molecule has 3 heteroatoms. The lowest BCUT2D eigenvalue weighted by Gasteiger charge is -2.17. The van der Waals surface area contributed by atoms with Gasteiger partial charge in [-0.15, -0.1) is 0 Å². The summed E-state index contributed by atoms with van der Waals surface area (Å²) in [6, 6.07) is 8.50. The Morgan fingerprint density at radius 3 is 2.74 bits per heavy atom. The molecule has 1 aliphatic heterocycles. The molecule has 0 aromatic heterocycles. The number of nitrogens with zero attached hydrogens (tertiary/aromatic N) is 1. The van der Waals surface area contributed by atoms with E-state index in [9.17, 15) is 0 Å². The van der Waals surface area contributed by atoms with E-state index in [4.69, 9.17) is 10.5 Å². The molecule has 19 heavy (non-hydrogen) atoms. The zero-order chi connectivity index (χ0) is 13.5. The number of nitrogens with two attached hydrogens (primary N) is 1. The van der Waals surface area contributed by atoms with Gasteiger partial charge in [0, 0.05) is 12.6 Å². The molecule has 0 radical (unpaired) electrons. The minimum Gasteiger partial charge on any atom is -0.492 e. The fourth-order valence-electron chi connectivity index (χ4n) is 2.53. The van der Waals surface area contributed by atoms with E-state index in [0.717, 1.165) is 31.7 Å². The zero-order valence-corrected chi connectivity index (χ0v) is 12.0. The minimum absolute atomic E-state index is 0.225. The Hall–Kier alpha value is -1.06. The van der Waals surface area contributed by atoms with Crippen LogP contribution < -0.4 is 10.5 Å². The maximum atomic E-state index is 6.04. The number of para-hydroxylation sites is 1. The van der Waals surface area contributed by atoms with Crippen molar-refractivity contribution >= 4 is 0 Å². The Morgan fingerprint density at radius 1 is 1.26 bits per heavy atom. The Labute approximate surface area is 116 Å². The second-order valence-electron chi connectivity index (χ2n) is 5.38. The maximum absolute atomic E-state index is 6.04. The van der Waals surface area contributed by atoms with E-state index in [2.05, 4.69) is 30.0 Å². The first kappa shape index (κ1) is 14.4. The van der Waals surface area contributed by atoms with Crippen LogP contribution in [0.1, 0.15) is 31.7 Å². The molecule has 1 aromatic carbocycles. The first-order chi connectivity index (χ1) is 9.29. The van der Waals surface area contributed by atoms with E-state index in [1.54, 1.807) is 0 Å². The van der Waals surface area contributed by atoms with Gasteiger partial charge < -0.3 is 10.5 Å². The molecular weight excluding hydrogens is 236 g/mol. The molecule has 1 aliphatic rings. The second-order valence-corrected chi connectivity index (χ2v) is 5.38. The largest absolute Gasteiger partial charge is 0.492 e. The van der Waals surface area contributed by atoms with E-state index in [0.29, 0.717) is 0 Å². The number of benzene rings is 1. The molecule has 1 saturated heterocycles. The van der Waals surface area contributed by atoms with Crippen LogP contribution in [0.4, 0.5) is 0 Å². The van der Waals surface area contributed by atoms with E-state index in [-0.39, 0.29) is 6.04 Å². The highest BCUT2D eigenvalue weighted by Crippen LogP contribution is 2.20. The molecule has 0 aliphatic carbocycles. The summed E-state index contributed by atoms with van der Waals surface area (Å²) in [4.78, 5) is 2.47. The van der Waals surface area contributed by atoms with Gasteiger partial charge in [-0.2, -0.15) is 0 Å². The highest BCUT2D eigenvalue weighted by Gasteiger charge is 2.12. The van der Waals surface area contributed by atoms with Crippen molar-refractivity contribution < 1.29 is 4.74 Å². The Bertz CT molecular complexity index is 375. The summed E-state index contributed by atoms with van der Waals surface area (Å²) in [6.45, 7) is 6.39. The summed E-state index contributed by atoms with van der Waals surface area (Å²) < 4.78 is 5.95. The van der Waals surface area contributed by atoms with E-state index < -0.39 is 0 Å². The van der Waals surface area contributed by atoms with Crippen LogP contribution in [0.2, 0.25) is 0 Å². The van der Waals surface area contributed by atoms with Crippen molar-refractivity contribution in [2.45, 2.75) is 38.6 Å². The van der Waals surface area contributed by atoms with Gasteiger partial charge in [0.05, 0.1) is 0 Å². The summed E-state index contributed by atoms with van der Waals surface area (Å²) in [5.74, 6) is 1.01. The molecule has 2 N–H and O–H groups in total. The number of ether oxygens (including phenoxy) is 1. The van der Waals surface area contributed by atoms with Crippen molar-refractivity contribution in [2.75, 3.05) is 26.2 Å². The molecule has 0 spiro atoms. The van der Waals surface area contributed by atoms with Crippen LogP contribution >= 0.6 is 0 Å². The number of likely N-dealkylation sites (tertiary alicyclic amines) is 1. The summed E-state index contributed by atoms with van der Waals surface area (Å²) in [6.07, 6.45) is 4.57. The quantitative estimate of drug-likeness (QED) is 0.820. The van der Waals surface area contributed by atoms with Gasteiger partial charge in [0.25, 0.3) is 0 Å². The SMILES string of the molecule is CCC(N)Cc1ccccc1OCCN1CCCC1. The predicted molar refractivity (Wildman–Crippen MR) is 79.6 cm³/mol. The molecule has 1 aromatic rings. The fourth-order valence-corrected chi connectivity index (χ4v) is 2.53. The molecule has 2 rings (SSSR count). The van der Waals surface area contributed by atoms with Gasteiger partial charge in [0.1, 0.15) is 12.4 Å². The van der Waals surface area contributed by atoms with Gasteiger partial charge in [0.2, 0.25) is 0 Å². The maximum Gasteiger partial charge on any atom is 0.122 e. The van der Waals surface area contributed by atoms with Crippen molar-refractivity contribution in [3.05, 3.63) is 29.8 Å². The molecule has 0 amide bonds. The van der Waals surface area contributed by atoms with Gasteiger partial charge in [-0.05, 0) is 50.4 Å². The summed E-state index contributed by atoms with van der Waals surface area (Å²) in [7, 11) is 0. The summed E-state index contributed by atoms with van der Waals surface area (Å²) in [5.41, 5.74) is 7.27. The van der Waals surface area contributed by atoms with Crippen LogP contribution in [0.25, 0.3) is 0 Å². The van der Waals surface area contributed by atoms with Crippen LogP contribution in [0.5, 0.6) is 5.75 Å². The lowest BCUT2D eigenvalue weighted by molar-refractivity contribution is 0.236. The lowest BCUT2D eigenvalue weighted by Crippen LogP contribution is -2.25. The van der Waals surface area contributed by atoms with Crippen LogP contribution in [0.15, 0.2) is 24.3 Å². The van der Waals surface area contributed by atoms with Gasteiger partial charge in [-0.3, -0.25) is 4.90 Å². The average molecular weight is 262 g/mol. The van der Waals surface area contributed by atoms with Gasteiger partial charge >= 0.3 is 0 Å². The van der Waals surface area contributed by atoms with Crippen molar-refractivity contribution in [3.63, 3.8) is 0 Å². The standard InChI is InChI=1S/C16H26N2O/c1-2-15(17)13-14-7-3-4-8-16(14)19-12-11-18-9-5-6-10-18/h3-4,7-8,15H,2,5-6,9-13,17H2,1H3. The zero-order valence-electron chi connectivity index (χ0n) is 12.0. The number of rotatable bonds is 7. The summed E-state index contributed by atoms with van der Waals surface area (Å²) >= 11 is 0. The normalized spacial score (nSPS) is 17.6. The smallest absolute Gasteiger partial charge is 0.122 e. The molecular formula is C16H26N2O. The van der Waals surface area contributed by atoms with Crippen LogP contribution in [-0.4, -0.2) is 37.2 Å². The highest BCUT2D eigenvalue weighted by molar-refractivity contribution is 5.33. The van der Waals surface area contributed by atoms with Crippen molar-refractivity contribution in [3.8, 4) is 5.75 Å². The molecule has 1 fully saturated rings. The third-order valence-electron chi connectivity index (χ3n) is 3.84. The predicted octanol–water partition coefficient (Wildman–Crippen LogP) is 2.44. The van der Waals surface area contributed by atoms with E-state index >= 15 is 0 Å². The Kier molecular flexibility index (Phi) is 5.67. The minimum atomic E-state index is 0.225. The molecule has 1 unspecified atom stereocenters. The molecule has 1 atom stereocenters. The molecule has 0 bridgehead atoms. The molecule has 0 saturated carbocycles. The average Bonchev–Trinajstić information content (AvgIpc) is 2.94. The van der Waals surface area contributed by atoms with Crippen LogP contribution in [0.3, 0.4) is 0 Å². The van der Waals surface area contributed by atoms with Crippen LogP contribution in [-0.2, 0) is 6.42 Å². The fraction of sp³-hybridized carbons (Fsp3) is 0.625. The second kappa shape index (κ2) is 7.51. The highest BCUT2D eigenvalue weighted by atomic mass is 16.5. The van der Waals surface area contributed by atoms with Crippen molar-refractivity contribution in [2.24, 2.45) is 5.73 Å². The van der Waals surface area contributed by atoms with Crippen molar-refractivity contribution in [1.29, 1.82) is 0 Å². The number of hydrogen-bond acceptors (Lipinski definition) is 3. The van der Waals surface area contributed by atoms with E-state index in [1.807, 2.05) is 6.07 Å². The third kappa shape index (κ3) is 4.51. The van der Waals surface area contributed by atoms with Gasteiger partial charge in [-0.1, -0.05) is 25.1 Å². The number of hydrogen-bond donors (Lipinski definition) is 1. The molecule has 1 heterocycles. The Balaban J connectivity index is 1.84. The topological polar surface area (TPSA) is 38.5 Å². The Morgan fingerprint density at radius 2 is 2.00 bits per heavy atom. The van der Waals surface area contributed by atoms with E-state index in [1.165, 1.54) is 31.5 Å². The third-order valence-corrected chi connectivity index (χ3v) is 3.84. The first-order valence-electron chi connectivity index (χ1n) is 7.48. The lowest BCUT2D eigenvalue weighted by atomic mass is 10.0. The monoisotopic (exact) mass is 262 g/mol. The molecule has 3 nitrogen and oxygen atoms in total. The first-order valence-corrected chi connectivity index (χ1v) is 7.48. The van der Waals surface area contributed by atoms with Crippen molar-refractivity contribution in [1.82, 2.24) is 4.90 Å². The van der Waals surface area contributed by atoms with Gasteiger partial charge in [-0.25, -0.2) is 0 Å². The van der Waals surface area contributed by atoms with Crippen LogP contribution in [0, 0.1) is 0 Å². The molecule has 106 valence electrons. The summed E-state index contributed by atoms with van der Waals surface area (Å²) in [5, 5.41) is 0.